The van der Waals surface area contributed by atoms with Crippen molar-refractivity contribution < 1.29 is 9.53 Å². The van der Waals surface area contributed by atoms with Gasteiger partial charge in [0.05, 0.1) is 5.92 Å². The third-order valence-electron chi connectivity index (χ3n) is 3.74. The fourth-order valence-electron chi connectivity index (χ4n) is 2.69. The maximum atomic E-state index is 12.2. The van der Waals surface area contributed by atoms with Crippen LogP contribution in [-0.4, -0.2) is 11.0 Å². The van der Waals surface area contributed by atoms with Crippen molar-refractivity contribution in [3.05, 3.63) is 36.5 Å². The quantitative estimate of drug-likeness (QED) is 0.606. The second kappa shape index (κ2) is 5.39. The average Bonchev–Trinajstić information content (AvgIpc) is 2.48. The van der Waals surface area contributed by atoms with Crippen LogP contribution in [0.3, 0.4) is 0 Å². The highest BCUT2D eigenvalue weighted by Gasteiger charge is 2.23. The van der Waals surface area contributed by atoms with Crippen molar-refractivity contribution in [2.45, 2.75) is 32.1 Å². The first kappa shape index (κ1) is 12.2. The van der Waals surface area contributed by atoms with E-state index in [0.29, 0.717) is 5.75 Å². The summed E-state index contributed by atoms with van der Waals surface area (Å²) < 4.78 is 5.57. The Kier molecular flexibility index (Phi) is 3.45. The lowest BCUT2D eigenvalue weighted by molar-refractivity contribution is -0.139. The molecule has 0 saturated heterocycles. The highest BCUT2D eigenvalue weighted by molar-refractivity contribution is 5.87. The standard InChI is InChI=1S/C16H17NO2/c18-16(13-6-2-1-3-7-13)19-14-10-4-8-12-9-5-11-17-15(12)14/h4-5,8-11,13H,1-3,6-7H2. The number of nitrogens with zero attached hydrogens (tertiary/aromatic N) is 1. The molecule has 3 rings (SSSR count). The number of ether oxygens (including phenoxy) is 1. The van der Waals surface area contributed by atoms with Gasteiger partial charge in [-0.3, -0.25) is 9.78 Å². The zero-order valence-corrected chi connectivity index (χ0v) is 10.8. The minimum absolute atomic E-state index is 0.0627. The molecule has 2 aromatic rings. The molecule has 0 bridgehead atoms. The Morgan fingerprint density at radius 2 is 1.89 bits per heavy atom. The molecule has 0 spiro atoms. The van der Waals surface area contributed by atoms with Gasteiger partial charge in [0, 0.05) is 11.6 Å². The first-order valence-electron chi connectivity index (χ1n) is 6.90. The van der Waals surface area contributed by atoms with E-state index in [0.717, 1.165) is 36.6 Å². The maximum absolute atomic E-state index is 12.2. The number of carbonyl (C=O) groups excluding carboxylic acids is 1. The molecule has 0 atom stereocenters. The van der Waals surface area contributed by atoms with Crippen LogP contribution in [0.25, 0.3) is 10.9 Å². The molecule has 1 fully saturated rings. The zero-order chi connectivity index (χ0) is 13.1. The van der Waals surface area contributed by atoms with Gasteiger partial charge >= 0.3 is 5.97 Å². The van der Waals surface area contributed by atoms with E-state index in [1.807, 2.05) is 30.3 Å². The Bertz CT molecular complexity index is 583. The normalized spacial score (nSPS) is 16.4. The smallest absolute Gasteiger partial charge is 0.314 e. The van der Waals surface area contributed by atoms with Crippen molar-refractivity contribution in [1.82, 2.24) is 4.98 Å². The maximum Gasteiger partial charge on any atom is 0.314 e. The molecule has 1 heterocycles. The number of hydrogen-bond acceptors (Lipinski definition) is 3. The molecule has 19 heavy (non-hydrogen) atoms. The Labute approximate surface area is 112 Å². The predicted molar refractivity (Wildman–Crippen MR) is 74.0 cm³/mol. The van der Waals surface area contributed by atoms with E-state index in [4.69, 9.17) is 4.74 Å². The molecular formula is C16H17NO2. The van der Waals surface area contributed by atoms with Crippen LogP contribution in [0.4, 0.5) is 0 Å². The van der Waals surface area contributed by atoms with Gasteiger partial charge in [-0.15, -0.1) is 0 Å². The molecular weight excluding hydrogens is 238 g/mol. The second-order valence-electron chi connectivity index (χ2n) is 5.09. The van der Waals surface area contributed by atoms with E-state index in [2.05, 4.69) is 4.98 Å². The summed E-state index contributed by atoms with van der Waals surface area (Å²) in [4.78, 5) is 16.5. The van der Waals surface area contributed by atoms with Crippen molar-refractivity contribution in [2.75, 3.05) is 0 Å². The summed E-state index contributed by atoms with van der Waals surface area (Å²) in [5.41, 5.74) is 0.758. The third-order valence-corrected chi connectivity index (χ3v) is 3.74. The third kappa shape index (κ3) is 2.60. The zero-order valence-electron chi connectivity index (χ0n) is 10.8. The summed E-state index contributed by atoms with van der Waals surface area (Å²) in [5, 5.41) is 0.997. The number of rotatable bonds is 2. The number of carbonyl (C=O) groups is 1. The summed E-state index contributed by atoms with van der Waals surface area (Å²) in [5.74, 6) is 0.541. The highest BCUT2D eigenvalue weighted by Crippen LogP contribution is 2.28. The molecule has 0 radical (unpaired) electrons. The first-order chi connectivity index (χ1) is 9.34. The van der Waals surface area contributed by atoms with Gasteiger partial charge in [-0.2, -0.15) is 0 Å². The lowest BCUT2D eigenvalue weighted by Crippen LogP contribution is -2.22. The van der Waals surface area contributed by atoms with Crippen LogP contribution in [0.5, 0.6) is 5.75 Å². The Hall–Kier alpha value is -1.90. The van der Waals surface area contributed by atoms with Gasteiger partial charge in [-0.25, -0.2) is 0 Å². The van der Waals surface area contributed by atoms with Crippen molar-refractivity contribution in [1.29, 1.82) is 0 Å². The van der Waals surface area contributed by atoms with Crippen molar-refractivity contribution in [3.8, 4) is 5.75 Å². The molecule has 1 aromatic heterocycles. The van der Waals surface area contributed by atoms with Gasteiger partial charge in [-0.05, 0) is 25.0 Å². The highest BCUT2D eigenvalue weighted by atomic mass is 16.5. The van der Waals surface area contributed by atoms with Crippen molar-refractivity contribution in [2.24, 2.45) is 5.92 Å². The van der Waals surface area contributed by atoms with Crippen molar-refractivity contribution in [3.63, 3.8) is 0 Å². The minimum Gasteiger partial charge on any atom is -0.424 e. The van der Waals surface area contributed by atoms with E-state index in [1.165, 1.54) is 6.42 Å². The predicted octanol–water partition coefficient (Wildman–Crippen LogP) is 3.72. The van der Waals surface area contributed by atoms with E-state index < -0.39 is 0 Å². The van der Waals surface area contributed by atoms with Crippen LogP contribution in [0.15, 0.2) is 36.5 Å². The molecule has 98 valence electrons. The van der Waals surface area contributed by atoms with E-state index >= 15 is 0 Å². The molecule has 1 aromatic carbocycles. The first-order valence-corrected chi connectivity index (χ1v) is 6.90. The lowest BCUT2D eigenvalue weighted by Gasteiger charge is -2.19. The van der Waals surface area contributed by atoms with Gasteiger partial charge in [0.25, 0.3) is 0 Å². The van der Waals surface area contributed by atoms with Crippen LogP contribution in [0, 0.1) is 5.92 Å². The fraction of sp³-hybridized carbons (Fsp3) is 0.375. The molecule has 1 aliphatic rings. The van der Waals surface area contributed by atoms with E-state index in [-0.39, 0.29) is 11.9 Å². The molecule has 3 nitrogen and oxygen atoms in total. The van der Waals surface area contributed by atoms with Gasteiger partial charge in [0.15, 0.2) is 5.75 Å². The summed E-state index contributed by atoms with van der Waals surface area (Å²) >= 11 is 0. The van der Waals surface area contributed by atoms with Gasteiger partial charge in [0.1, 0.15) is 5.52 Å². The van der Waals surface area contributed by atoms with Crippen LogP contribution >= 0.6 is 0 Å². The van der Waals surface area contributed by atoms with Crippen LogP contribution in [0.2, 0.25) is 0 Å². The number of para-hydroxylation sites is 1. The van der Waals surface area contributed by atoms with Crippen molar-refractivity contribution >= 4 is 16.9 Å². The molecule has 0 aliphatic heterocycles. The molecule has 3 heteroatoms. The van der Waals surface area contributed by atoms with Gasteiger partial charge in [-0.1, -0.05) is 37.5 Å². The number of benzene rings is 1. The number of fused-ring (bicyclic) bond motifs is 1. The second-order valence-corrected chi connectivity index (χ2v) is 5.09. The molecule has 0 unspecified atom stereocenters. The largest absolute Gasteiger partial charge is 0.424 e. The monoisotopic (exact) mass is 255 g/mol. The number of aromatic nitrogens is 1. The van der Waals surface area contributed by atoms with Crippen LogP contribution in [-0.2, 0) is 4.79 Å². The van der Waals surface area contributed by atoms with Gasteiger partial charge < -0.3 is 4.74 Å². The minimum atomic E-state index is -0.0992. The SMILES string of the molecule is O=C(Oc1cccc2cccnc12)C1CCCCC1. The molecule has 1 saturated carbocycles. The van der Waals surface area contributed by atoms with E-state index in [9.17, 15) is 4.79 Å². The average molecular weight is 255 g/mol. The Balaban J connectivity index is 1.82. The van der Waals surface area contributed by atoms with Crippen LogP contribution in [0.1, 0.15) is 32.1 Å². The molecule has 0 amide bonds. The molecule has 0 N–H and O–H groups in total. The number of pyridine rings is 1. The van der Waals surface area contributed by atoms with Gasteiger partial charge in [0.2, 0.25) is 0 Å². The Morgan fingerprint density at radius 1 is 1.11 bits per heavy atom. The topological polar surface area (TPSA) is 39.2 Å². The summed E-state index contributed by atoms with van der Waals surface area (Å²) in [6.07, 6.45) is 7.13. The summed E-state index contributed by atoms with van der Waals surface area (Å²) in [6, 6.07) is 9.54. The van der Waals surface area contributed by atoms with Crippen LogP contribution < -0.4 is 4.74 Å². The fourth-order valence-corrected chi connectivity index (χ4v) is 2.69. The Morgan fingerprint density at radius 3 is 2.74 bits per heavy atom. The molecule has 1 aliphatic carbocycles. The summed E-state index contributed by atoms with van der Waals surface area (Å²) in [7, 11) is 0. The summed E-state index contributed by atoms with van der Waals surface area (Å²) in [6.45, 7) is 0. The number of hydrogen-bond donors (Lipinski definition) is 0. The lowest BCUT2D eigenvalue weighted by atomic mass is 9.89. The number of esters is 1. The van der Waals surface area contributed by atoms with E-state index in [1.54, 1.807) is 6.20 Å².